The monoisotopic (exact) mass is 316 g/mol. The quantitative estimate of drug-likeness (QED) is 0.739. The van der Waals surface area contributed by atoms with Gasteiger partial charge in [-0.15, -0.1) is 0 Å². The van der Waals surface area contributed by atoms with Gasteiger partial charge in [-0.05, 0) is 17.7 Å². The van der Waals surface area contributed by atoms with Crippen LogP contribution in [0.15, 0.2) is 53.1 Å². The summed E-state index contributed by atoms with van der Waals surface area (Å²) < 4.78 is 9.89. The predicted octanol–water partition coefficient (Wildman–Crippen LogP) is 0.869. The number of ether oxygens (including phenoxy) is 1. The molecule has 0 atom stereocenters. The van der Waals surface area contributed by atoms with Crippen molar-refractivity contribution in [2.45, 2.75) is 6.61 Å². The van der Waals surface area contributed by atoms with E-state index < -0.39 is 17.8 Å². The molecule has 0 bridgehead atoms. The number of carbonyl (C=O) groups is 3. The predicted molar refractivity (Wildman–Crippen MR) is 80.3 cm³/mol. The molecule has 2 aromatic rings. The van der Waals surface area contributed by atoms with Gasteiger partial charge in [-0.3, -0.25) is 14.4 Å². The molecule has 0 aliphatic carbocycles. The molecule has 0 aliphatic rings. The summed E-state index contributed by atoms with van der Waals surface area (Å²) >= 11 is 0. The zero-order valence-corrected chi connectivity index (χ0v) is 12.3. The summed E-state index contributed by atoms with van der Waals surface area (Å²) in [4.78, 5) is 34.6. The van der Waals surface area contributed by atoms with Crippen molar-refractivity contribution in [3.05, 3.63) is 60.1 Å². The second-order valence-corrected chi connectivity index (χ2v) is 4.58. The molecule has 1 aromatic carbocycles. The van der Waals surface area contributed by atoms with Crippen LogP contribution in [0.5, 0.6) is 0 Å². The first-order valence-electron chi connectivity index (χ1n) is 6.93. The summed E-state index contributed by atoms with van der Waals surface area (Å²) in [6.45, 7) is -0.376. The van der Waals surface area contributed by atoms with Gasteiger partial charge in [-0.2, -0.15) is 0 Å². The molecule has 1 heterocycles. The number of rotatable bonds is 7. The van der Waals surface area contributed by atoms with Crippen LogP contribution in [-0.4, -0.2) is 30.9 Å². The van der Waals surface area contributed by atoms with E-state index in [1.807, 2.05) is 30.3 Å². The van der Waals surface area contributed by atoms with Gasteiger partial charge in [0.2, 0.25) is 5.91 Å². The molecular formula is C16H16N2O5. The fourth-order valence-electron chi connectivity index (χ4n) is 1.68. The first kappa shape index (κ1) is 16.3. The van der Waals surface area contributed by atoms with Crippen LogP contribution in [0.1, 0.15) is 16.1 Å². The third kappa shape index (κ3) is 5.66. The average Bonchev–Trinajstić information content (AvgIpc) is 3.11. The highest BCUT2D eigenvalue weighted by atomic mass is 16.5. The first-order chi connectivity index (χ1) is 11.1. The van der Waals surface area contributed by atoms with Crippen molar-refractivity contribution in [3.63, 3.8) is 0 Å². The Bertz CT molecular complexity index is 652. The van der Waals surface area contributed by atoms with Gasteiger partial charge in [0.1, 0.15) is 13.2 Å². The Balaban J connectivity index is 1.62. The third-order valence-electron chi connectivity index (χ3n) is 2.83. The van der Waals surface area contributed by atoms with Gasteiger partial charge in [0, 0.05) is 0 Å². The van der Waals surface area contributed by atoms with E-state index in [1.165, 1.54) is 12.3 Å². The number of hydrogen-bond donors (Lipinski definition) is 2. The van der Waals surface area contributed by atoms with Crippen molar-refractivity contribution in [3.8, 4) is 0 Å². The van der Waals surface area contributed by atoms with Crippen molar-refractivity contribution in [1.82, 2.24) is 10.6 Å². The minimum atomic E-state index is -0.556. The van der Waals surface area contributed by atoms with E-state index in [-0.39, 0.29) is 25.5 Å². The zero-order valence-electron chi connectivity index (χ0n) is 12.3. The SMILES string of the molecule is O=C(CNC(=O)c1ccco1)NCC(=O)OCc1ccccc1. The molecular weight excluding hydrogens is 300 g/mol. The highest BCUT2D eigenvalue weighted by Crippen LogP contribution is 2.00. The van der Waals surface area contributed by atoms with E-state index in [2.05, 4.69) is 10.6 Å². The Labute approximate surface area is 132 Å². The van der Waals surface area contributed by atoms with Crippen LogP contribution in [0.3, 0.4) is 0 Å². The molecule has 0 saturated heterocycles. The number of amides is 2. The molecule has 0 saturated carbocycles. The Hall–Kier alpha value is -3.09. The number of carbonyl (C=O) groups excluding carboxylic acids is 3. The largest absolute Gasteiger partial charge is 0.460 e. The highest BCUT2D eigenvalue weighted by molar-refractivity contribution is 5.94. The molecule has 120 valence electrons. The third-order valence-corrected chi connectivity index (χ3v) is 2.83. The zero-order chi connectivity index (χ0) is 16.5. The normalized spacial score (nSPS) is 9.91. The van der Waals surface area contributed by atoms with Crippen LogP contribution in [0.25, 0.3) is 0 Å². The van der Waals surface area contributed by atoms with Crippen LogP contribution in [0.2, 0.25) is 0 Å². The smallest absolute Gasteiger partial charge is 0.325 e. The summed E-state index contributed by atoms with van der Waals surface area (Å²) in [6, 6.07) is 12.2. The molecule has 0 unspecified atom stereocenters. The molecule has 2 amide bonds. The van der Waals surface area contributed by atoms with Gasteiger partial charge in [0.15, 0.2) is 5.76 Å². The lowest BCUT2D eigenvalue weighted by molar-refractivity contribution is -0.145. The van der Waals surface area contributed by atoms with Crippen LogP contribution < -0.4 is 10.6 Å². The van der Waals surface area contributed by atoms with E-state index in [4.69, 9.17) is 9.15 Å². The molecule has 7 nitrogen and oxygen atoms in total. The summed E-state index contributed by atoms with van der Waals surface area (Å²) in [5, 5.41) is 4.73. The minimum Gasteiger partial charge on any atom is -0.460 e. The molecule has 0 spiro atoms. The maximum atomic E-state index is 11.5. The number of hydrogen-bond acceptors (Lipinski definition) is 5. The Kier molecular flexibility index (Phi) is 5.93. The maximum Gasteiger partial charge on any atom is 0.325 e. The number of esters is 1. The Morgan fingerprint density at radius 2 is 1.74 bits per heavy atom. The molecule has 0 fully saturated rings. The maximum absolute atomic E-state index is 11.5. The van der Waals surface area contributed by atoms with Crippen LogP contribution in [0, 0.1) is 0 Å². The van der Waals surface area contributed by atoms with E-state index >= 15 is 0 Å². The molecule has 0 radical (unpaired) electrons. The summed E-state index contributed by atoms with van der Waals surface area (Å²) in [7, 11) is 0. The van der Waals surface area contributed by atoms with Gasteiger partial charge in [-0.1, -0.05) is 30.3 Å². The lowest BCUT2D eigenvalue weighted by Gasteiger charge is -2.07. The molecule has 2 rings (SSSR count). The van der Waals surface area contributed by atoms with Gasteiger partial charge in [-0.25, -0.2) is 0 Å². The van der Waals surface area contributed by atoms with Gasteiger partial charge < -0.3 is 19.8 Å². The number of nitrogens with one attached hydrogen (secondary N) is 2. The fourth-order valence-corrected chi connectivity index (χ4v) is 1.68. The Morgan fingerprint density at radius 1 is 0.957 bits per heavy atom. The van der Waals surface area contributed by atoms with E-state index in [0.717, 1.165) is 5.56 Å². The van der Waals surface area contributed by atoms with E-state index in [0.29, 0.717) is 0 Å². The van der Waals surface area contributed by atoms with Crippen LogP contribution >= 0.6 is 0 Å². The first-order valence-corrected chi connectivity index (χ1v) is 6.93. The average molecular weight is 316 g/mol. The second-order valence-electron chi connectivity index (χ2n) is 4.58. The van der Waals surface area contributed by atoms with Gasteiger partial charge in [0.25, 0.3) is 5.91 Å². The van der Waals surface area contributed by atoms with Crippen molar-refractivity contribution in [1.29, 1.82) is 0 Å². The lowest BCUT2D eigenvalue weighted by atomic mass is 10.2. The summed E-state index contributed by atoms with van der Waals surface area (Å²) in [6.07, 6.45) is 1.36. The number of furan rings is 1. The van der Waals surface area contributed by atoms with Crippen LogP contribution in [-0.2, 0) is 20.9 Å². The number of benzene rings is 1. The summed E-state index contributed by atoms with van der Waals surface area (Å²) in [5.41, 5.74) is 0.859. The summed E-state index contributed by atoms with van der Waals surface area (Å²) in [5.74, 6) is -1.45. The van der Waals surface area contributed by atoms with Crippen molar-refractivity contribution in [2.24, 2.45) is 0 Å². The topological polar surface area (TPSA) is 97.6 Å². The van der Waals surface area contributed by atoms with Gasteiger partial charge in [0.05, 0.1) is 12.8 Å². The second kappa shape index (κ2) is 8.38. The van der Waals surface area contributed by atoms with Crippen LogP contribution in [0.4, 0.5) is 0 Å². The van der Waals surface area contributed by atoms with Gasteiger partial charge >= 0.3 is 5.97 Å². The molecule has 2 N–H and O–H groups in total. The molecule has 23 heavy (non-hydrogen) atoms. The van der Waals surface area contributed by atoms with E-state index in [9.17, 15) is 14.4 Å². The lowest BCUT2D eigenvalue weighted by Crippen LogP contribution is -2.39. The van der Waals surface area contributed by atoms with Crippen molar-refractivity contribution >= 4 is 17.8 Å². The molecule has 0 aliphatic heterocycles. The minimum absolute atomic E-state index is 0.111. The Morgan fingerprint density at radius 3 is 2.43 bits per heavy atom. The van der Waals surface area contributed by atoms with Crippen molar-refractivity contribution < 1.29 is 23.5 Å². The van der Waals surface area contributed by atoms with E-state index in [1.54, 1.807) is 6.07 Å². The fraction of sp³-hybridized carbons (Fsp3) is 0.188. The standard InChI is InChI=1S/C16H16N2O5/c19-14(9-18-16(21)13-7-4-8-22-13)17-10-15(20)23-11-12-5-2-1-3-6-12/h1-8H,9-11H2,(H,17,19)(H,18,21). The molecule has 1 aromatic heterocycles. The van der Waals surface area contributed by atoms with Crippen molar-refractivity contribution in [2.75, 3.05) is 13.1 Å². The highest BCUT2D eigenvalue weighted by Gasteiger charge is 2.11. The molecule has 7 heteroatoms.